The lowest BCUT2D eigenvalue weighted by Gasteiger charge is -2.26. The van der Waals surface area contributed by atoms with Crippen LogP contribution in [0.1, 0.15) is 71.1 Å². The molecule has 0 aliphatic rings. The lowest BCUT2D eigenvalue weighted by atomic mass is 10.1. The molecule has 0 radical (unpaired) electrons. The van der Waals surface area contributed by atoms with Crippen LogP contribution >= 0.6 is 0 Å². The number of allylic oxidation sites excluding steroid dienone is 3. The van der Waals surface area contributed by atoms with Crippen molar-refractivity contribution in [2.75, 3.05) is 0 Å². The molecule has 0 N–H and O–H groups in total. The van der Waals surface area contributed by atoms with Crippen molar-refractivity contribution >= 4 is 8.07 Å². The Morgan fingerprint density at radius 3 is 2.10 bits per heavy atom. The SMILES string of the molecule is C=CCCCCCC/C=C/C(CCCCC)[Si](C)(C)C. The summed E-state index contributed by atoms with van der Waals surface area (Å²) in [6.45, 7) is 13.6. The van der Waals surface area contributed by atoms with Crippen molar-refractivity contribution in [2.24, 2.45) is 0 Å². The van der Waals surface area contributed by atoms with Gasteiger partial charge in [-0.15, -0.1) is 6.58 Å². The summed E-state index contributed by atoms with van der Waals surface area (Å²) < 4.78 is 0. The van der Waals surface area contributed by atoms with Crippen LogP contribution in [0.15, 0.2) is 24.8 Å². The predicted molar refractivity (Wildman–Crippen MR) is 98.3 cm³/mol. The summed E-state index contributed by atoms with van der Waals surface area (Å²) in [7, 11) is -1.02. The Kier molecular flexibility index (Phi) is 12.2. The molecule has 118 valence electrons. The van der Waals surface area contributed by atoms with Gasteiger partial charge in [-0.25, -0.2) is 0 Å². The molecule has 0 heterocycles. The van der Waals surface area contributed by atoms with Gasteiger partial charge in [0.2, 0.25) is 0 Å². The van der Waals surface area contributed by atoms with Gasteiger partial charge < -0.3 is 0 Å². The maximum absolute atomic E-state index is 3.77. The van der Waals surface area contributed by atoms with E-state index in [1.54, 1.807) is 0 Å². The zero-order chi connectivity index (χ0) is 15.3. The molecule has 0 nitrogen and oxygen atoms in total. The molecule has 0 bridgehead atoms. The van der Waals surface area contributed by atoms with Crippen LogP contribution in [-0.2, 0) is 0 Å². The van der Waals surface area contributed by atoms with Crippen molar-refractivity contribution in [3.05, 3.63) is 24.8 Å². The van der Waals surface area contributed by atoms with E-state index in [-0.39, 0.29) is 0 Å². The molecule has 0 saturated carbocycles. The summed E-state index contributed by atoms with van der Waals surface area (Å²) >= 11 is 0. The van der Waals surface area contributed by atoms with Gasteiger partial charge in [-0.05, 0) is 37.6 Å². The molecular weight excluding hydrogens is 256 g/mol. The first-order valence-corrected chi connectivity index (χ1v) is 12.4. The van der Waals surface area contributed by atoms with Gasteiger partial charge in [-0.2, -0.15) is 0 Å². The van der Waals surface area contributed by atoms with Crippen molar-refractivity contribution < 1.29 is 0 Å². The molecule has 1 unspecified atom stereocenters. The fourth-order valence-electron chi connectivity index (χ4n) is 2.60. The Bertz CT molecular complexity index is 247. The molecule has 0 rings (SSSR count). The van der Waals surface area contributed by atoms with E-state index in [9.17, 15) is 0 Å². The largest absolute Gasteiger partial charge is 0.103 e. The maximum Gasteiger partial charge on any atom is 0.0513 e. The molecule has 0 fully saturated rings. The van der Waals surface area contributed by atoms with Crippen molar-refractivity contribution in [1.29, 1.82) is 0 Å². The van der Waals surface area contributed by atoms with Crippen LogP contribution in [0.4, 0.5) is 0 Å². The Labute approximate surface area is 129 Å². The van der Waals surface area contributed by atoms with Crippen molar-refractivity contribution in [2.45, 2.75) is 96.3 Å². The number of unbranched alkanes of at least 4 members (excludes halogenated alkanes) is 7. The van der Waals surface area contributed by atoms with Gasteiger partial charge in [0.05, 0.1) is 8.07 Å². The normalized spacial score (nSPS) is 13.8. The third-order valence-corrected chi connectivity index (χ3v) is 6.83. The van der Waals surface area contributed by atoms with Crippen LogP contribution in [-0.4, -0.2) is 8.07 Å². The zero-order valence-corrected chi connectivity index (χ0v) is 15.6. The molecule has 1 heteroatoms. The Morgan fingerprint density at radius 2 is 1.55 bits per heavy atom. The highest BCUT2D eigenvalue weighted by Crippen LogP contribution is 2.29. The van der Waals surface area contributed by atoms with Gasteiger partial charge >= 0.3 is 0 Å². The third-order valence-electron chi connectivity index (χ3n) is 4.13. The minimum atomic E-state index is -1.02. The Balaban J connectivity index is 3.86. The van der Waals surface area contributed by atoms with E-state index in [0.717, 1.165) is 5.54 Å². The number of hydrogen-bond donors (Lipinski definition) is 0. The van der Waals surface area contributed by atoms with E-state index >= 15 is 0 Å². The van der Waals surface area contributed by atoms with E-state index in [0.29, 0.717) is 0 Å². The summed E-state index contributed by atoms with van der Waals surface area (Å²) in [5.41, 5.74) is 0.884. The molecule has 0 aliphatic heterocycles. The molecule has 0 aromatic carbocycles. The standard InChI is InChI=1S/C19H38Si/c1-6-8-10-11-12-13-14-16-18-19(20(3,4)5)17-15-9-7-2/h6,16,18-19H,1,7-15,17H2,2-5H3/b18-16+. The third kappa shape index (κ3) is 11.5. The summed E-state index contributed by atoms with van der Waals surface area (Å²) in [5.74, 6) is 0. The second kappa shape index (κ2) is 12.4. The van der Waals surface area contributed by atoms with Crippen LogP contribution in [0.2, 0.25) is 25.2 Å². The van der Waals surface area contributed by atoms with E-state index < -0.39 is 8.07 Å². The number of hydrogen-bond acceptors (Lipinski definition) is 0. The lowest BCUT2D eigenvalue weighted by Crippen LogP contribution is -2.26. The molecule has 0 saturated heterocycles. The molecule has 0 amide bonds. The van der Waals surface area contributed by atoms with E-state index in [4.69, 9.17) is 0 Å². The zero-order valence-electron chi connectivity index (χ0n) is 14.6. The predicted octanol–water partition coefficient (Wildman–Crippen LogP) is 7.36. The molecule has 0 aromatic heterocycles. The second-order valence-corrected chi connectivity index (χ2v) is 12.7. The fourth-order valence-corrected chi connectivity index (χ4v) is 4.38. The first-order chi connectivity index (χ1) is 9.52. The van der Waals surface area contributed by atoms with Crippen molar-refractivity contribution in [1.82, 2.24) is 0 Å². The molecule has 0 spiro atoms. The molecule has 0 aromatic rings. The lowest BCUT2D eigenvalue weighted by molar-refractivity contribution is 0.648. The van der Waals surface area contributed by atoms with Gasteiger partial charge in [-0.1, -0.05) is 76.9 Å². The van der Waals surface area contributed by atoms with E-state index in [1.165, 1.54) is 64.2 Å². The quantitative estimate of drug-likeness (QED) is 0.189. The first-order valence-electron chi connectivity index (χ1n) is 8.80. The Morgan fingerprint density at radius 1 is 0.900 bits per heavy atom. The molecule has 20 heavy (non-hydrogen) atoms. The second-order valence-electron chi connectivity index (χ2n) is 7.18. The summed E-state index contributed by atoms with van der Waals surface area (Å²) in [6.07, 6.45) is 20.5. The molecule has 0 aliphatic carbocycles. The minimum Gasteiger partial charge on any atom is -0.103 e. The van der Waals surface area contributed by atoms with Gasteiger partial charge in [0.25, 0.3) is 0 Å². The van der Waals surface area contributed by atoms with Crippen LogP contribution < -0.4 is 0 Å². The molecular formula is C19H38Si. The van der Waals surface area contributed by atoms with Gasteiger partial charge in [0.1, 0.15) is 0 Å². The monoisotopic (exact) mass is 294 g/mol. The smallest absolute Gasteiger partial charge is 0.0513 e. The minimum absolute atomic E-state index is 0.884. The van der Waals surface area contributed by atoms with Crippen LogP contribution in [0.25, 0.3) is 0 Å². The average Bonchev–Trinajstić information content (AvgIpc) is 2.38. The van der Waals surface area contributed by atoms with Gasteiger partial charge in [-0.3, -0.25) is 0 Å². The summed E-state index contributed by atoms with van der Waals surface area (Å²) in [6, 6.07) is 0. The van der Waals surface area contributed by atoms with Crippen LogP contribution in [0.5, 0.6) is 0 Å². The maximum atomic E-state index is 3.77. The van der Waals surface area contributed by atoms with Crippen LogP contribution in [0.3, 0.4) is 0 Å². The van der Waals surface area contributed by atoms with Gasteiger partial charge in [0, 0.05) is 0 Å². The summed E-state index contributed by atoms with van der Waals surface area (Å²) in [4.78, 5) is 0. The first kappa shape index (κ1) is 19.7. The fraction of sp³-hybridized carbons (Fsp3) is 0.789. The van der Waals surface area contributed by atoms with Gasteiger partial charge in [0.15, 0.2) is 0 Å². The van der Waals surface area contributed by atoms with E-state index in [2.05, 4.69) is 45.3 Å². The Hall–Kier alpha value is -0.303. The highest BCUT2D eigenvalue weighted by Gasteiger charge is 2.23. The van der Waals surface area contributed by atoms with Crippen LogP contribution in [0, 0.1) is 0 Å². The van der Waals surface area contributed by atoms with Crippen molar-refractivity contribution in [3.63, 3.8) is 0 Å². The molecule has 1 atom stereocenters. The summed E-state index contributed by atoms with van der Waals surface area (Å²) in [5, 5.41) is 0. The number of rotatable bonds is 13. The topological polar surface area (TPSA) is 0 Å². The highest BCUT2D eigenvalue weighted by molar-refractivity contribution is 6.78. The highest BCUT2D eigenvalue weighted by atomic mass is 28.3. The average molecular weight is 295 g/mol. The van der Waals surface area contributed by atoms with Crippen molar-refractivity contribution in [3.8, 4) is 0 Å². The van der Waals surface area contributed by atoms with E-state index in [1.807, 2.05) is 6.08 Å².